The molecule has 4 aliphatic carbocycles. The van der Waals surface area contributed by atoms with Crippen LogP contribution in [0.3, 0.4) is 0 Å². The highest BCUT2D eigenvalue weighted by molar-refractivity contribution is 5.87. The predicted molar refractivity (Wildman–Crippen MR) is 137 cm³/mol. The van der Waals surface area contributed by atoms with Crippen molar-refractivity contribution in [2.75, 3.05) is 26.2 Å². The molecular formula is C27H47N5O2. The van der Waals surface area contributed by atoms with Gasteiger partial charge < -0.3 is 26.7 Å². The van der Waals surface area contributed by atoms with Crippen molar-refractivity contribution in [2.45, 2.75) is 95.7 Å². The van der Waals surface area contributed by atoms with E-state index in [1.807, 2.05) is 6.21 Å². The Bertz CT molecular complexity index is 789. The van der Waals surface area contributed by atoms with E-state index in [2.05, 4.69) is 17.3 Å². The van der Waals surface area contributed by atoms with E-state index in [4.69, 9.17) is 21.3 Å². The first kappa shape index (κ1) is 24.5. The minimum Gasteiger partial charge on any atom is -0.389 e. The molecule has 0 radical (unpaired) electrons. The van der Waals surface area contributed by atoms with Crippen LogP contribution in [0.1, 0.15) is 84.0 Å². The first-order valence-corrected chi connectivity index (χ1v) is 14.0. The van der Waals surface area contributed by atoms with Crippen LogP contribution in [-0.2, 0) is 4.74 Å². The molecule has 6 N–H and O–H groups in total. The number of hydrazone groups is 1. The summed E-state index contributed by atoms with van der Waals surface area (Å²) in [6, 6.07) is 0. The van der Waals surface area contributed by atoms with Crippen molar-refractivity contribution in [3.63, 3.8) is 0 Å². The number of fused-ring (bicyclic) bond motifs is 5. The molecule has 192 valence electrons. The summed E-state index contributed by atoms with van der Waals surface area (Å²) < 4.78 is 6.21. The van der Waals surface area contributed by atoms with Crippen molar-refractivity contribution in [2.24, 2.45) is 56.2 Å². The monoisotopic (exact) mass is 473 g/mol. The van der Waals surface area contributed by atoms with Gasteiger partial charge in [0.1, 0.15) is 5.84 Å². The fourth-order valence-electron chi connectivity index (χ4n) is 9.31. The quantitative estimate of drug-likeness (QED) is 0.196. The minimum absolute atomic E-state index is 0.202. The molecule has 0 saturated heterocycles. The number of aliphatic imine (C=N–C) groups is 1. The Balaban J connectivity index is 1.39. The molecule has 0 aromatic rings. The van der Waals surface area contributed by atoms with E-state index in [0.29, 0.717) is 35.8 Å². The average Bonchev–Trinajstić information content (AvgIpc) is 3.16. The number of nitrogens with zero attached hydrogens (tertiary/aromatic N) is 2. The number of nitrogens with two attached hydrogens (primary N) is 2. The average molecular weight is 474 g/mol. The largest absolute Gasteiger partial charge is 0.389 e. The molecule has 0 unspecified atom stereocenters. The maximum absolute atomic E-state index is 12.7. The van der Waals surface area contributed by atoms with Crippen molar-refractivity contribution in [3.05, 3.63) is 0 Å². The molecule has 4 saturated carbocycles. The van der Waals surface area contributed by atoms with E-state index in [0.717, 1.165) is 76.9 Å². The van der Waals surface area contributed by atoms with E-state index >= 15 is 0 Å². The van der Waals surface area contributed by atoms with E-state index in [1.54, 1.807) is 0 Å². The van der Waals surface area contributed by atoms with Gasteiger partial charge in [-0.1, -0.05) is 6.92 Å². The van der Waals surface area contributed by atoms with Crippen LogP contribution in [0.2, 0.25) is 0 Å². The van der Waals surface area contributed by atoms with Gasteiger partial charge in [0.2, 0.25) is 0 Å². The van der Waals surface area contributed by atoms with Gasteiger partial charge in [0.15, 0.2) is 0 Å². The van der Waals surface area contributed by atoms with Crippen molar-refractivity contribution < 1.29 is 9.84 Å². The van der Waals surface area contributed by atoms with Crippen LogP contribution in [0.25, 0.3) is 0 Å². The first-order chi connectivity index (χ1) is 16.5. The molecule has 0 aromatic carbocycles. The molecule has 0 aromatic heterocycles. The standard InChI is InChI=1S/C27H47N5O2/c1-25-9-6-20(34-17-2-13-28)18-19(25)4-5-22-21(25)7-10-26(12-16-32-29)23(8-11-27(22,26)33)24-30-14-3-15-31-24/h16,19-23,33H,2-15,17-18,28-29H2,1H3,(H,30,31)/b32-16+/t19-,20+,21+,22-,23-,25+,26+,27+/m1/s1. The van der Waals surface area contributed by atoms with Crippen LogP contribution in [-0.4, -0.2) is 55.1 Å². The van der Waals surface area contributed by atoms with Crippen LogP contribution in [0.15, 0.2) is 10.1 Å². The molecule has 0 bridgehead atoms. The topological polar surface area (TPSA) is 118 Å². The summed E-state index contributed by atoms with van der Waals surface area (Å²) in [5, 5.41) is 20.2. The Labute approximate surface area is 205 Å². The molecule has 5 aliphatic rings. The molecule has 8 atom stereocenters. The molecule has 7 nitrogen and oxygen atoms in total. The zero-order valence-electron chi connectivity index (χ0n) is 21.2. The summed E-state index contributed by atoms with van der Waals surface area (Å²) >= 11 is 0. The third-order valence-corrected chi connectivity index (χ3v) is 11.0. The van der Waals surface area contributed by atoms with Gasteiger partial charge >= 0.3 is 0 Å². The van der Waals surface area contributed by atoms with E-state index in [-0.39, 0.29) is 11.3 Å². The van der Waals surface area contributed by atoms with Crippen molar-refractivity contribution >= 4 is 12.1 Å². The van der Waals surface area contributed by atoms with Crippen molar-refractivity contribution in [1.29, 1.82) is 0 Å². The van der Waals surface area contributed by atoms with E-state index < -0.39 is 5.60 Å². The molecular weight excluding hydrogens is 426 g/mol. The normalized spacial score (nSPS) is 46.3. The number of hydrogen-bond acceptors (Lipinski definition) is 7. The Morgan fingerprint density at radius 2 is 2.06 bits per heavy atom. The minimum atomic E-state index is -0.661. The lowest BCUT2D eigenvalue weighted by Crippen LogP contribution is -2.64. The van der Waals surface area contributed by atoms with E-state index in [1.165, 1.54) is 25.7 Å². The fourth-order valence-corrected chi connectivity index (χ4v) is 9.31. The lowest BCUT2D eigenvalue weighted by Gasteiger charge is -2.64. The predicted octanol–water partition coefficient (Wildman–Crippen LogP) is 3.20. The Morgan fingerprint density at radius 3 is 2.82 bits per heavy atom. The summed E-state index contributed by atoms with van der Waals surface area (Å²) in [6.45, 7) is 5.94. The molecule has 4 fully saturated rings. The second-order valence-corrected chi connectivity index (χ2v) is 12.2. The van der Waals surface area contributed by atoms with Crippen LogP contribution < -0.4 is 16.9 Å². The highest BCUT2D eigenvalue weighted by Gasteiger charge is 2.69. The van der Waals surface area contributed by atoms with E-state index in [9.17, 15) is 5.11 Å². The Kier molecular flexibility index (Phi) is 6.99. The van der Waals surface area contributed by atoms with Crippen molar-refractivity contribution in [3.8, 4) is 0 Å². The third kappa shape index (κ3) is 3.81. The zero-order valence-corrected chi connectivity index (χ0v) is 21.2. The van der Waals surface area contributed by atoms with Crippen LogP contribution in [0, 0.1) is 34.5 Å². The number of amidine groups is 1. The van der Waals surface area contributed by atoms with Crippen molar-refractivity contribution in [1.82, 2.24) is 5.32 Å². The highest BCUT2D eigenvalue weighted by atomic mass is 16.5. The summed E-state index contributed by atoms with van der Waals surface area (Å²) in [5.74, 6) is 8.69. The zero-order chi connectivity index (χ0) is 23.8. The molecule has 34 heavy (non-hydrogen) atoms. The summed E-state index contributed by atoms with van der Waals surface area (Å²) in [4.78, 5) is 4.91. The molecule has 1 heterocycles. The Hall–Kier alpha value is -1.18. The number of nitrogens with one attached hydrogen (secondary N) is 1. The summed E-state index contributed by atoms with van der Waals surface area (Å²) in [5.41, 5.74) is 5.11. The van der Waals surface area contributed by atoms with Gasteiger partial charge in [0.05, 0.1) is 11.7 Å². The lowest BCUT2D eigenvalue weighted by atomic mass is 9.42. The Morgan fingerprint density at radius 1 is 1.18 bits per heavy atom. The van der Waals surface area contributed by atoms with Gasteiger partial charge in [-0.05, 0) is 107 Å². The SMILES string of the molecule is C[C@]12CC[C@H](OCCCN)C[C@H]1CC[C@@H]1[C@@H]2CC[C@]2(C/C=N/N)[C@@H](C3=NCCCN3)CC[C@]12O. The molecule has 1 aliphatic heterocycles. The smallest absolute Gasteiger partial charge is 0.100 e. The number of rotatable bonds is 7. The highest BCUT2D eigenvalue weighted by Crippen LogP contribution is 2.70. The van der Waals surface area contributed by atoms with Gasteiger partial charge in [-0.2, -0.15) is 5.10 Å². The lowest BCUT2D eigenvalue weighted by molar-refractivity contribution is -0.211. The second kappa shape index (κ2) is 9.70. The van der Waals surface area contributed by atoms with Gasteiger partial charge in [-0.15, -0.1) is 0 Å². The molecule has 0 amide bonds. The molecule has 0 spiro atoms. The molecule has 7 heteroatoms. The second-order valence-electron chi connectivity index (χ2n) is 12.2. The van der Waals surface area contributed by atoms with Gasteiger partial charge in [0, 0.05) is 37.2 Å². The number of ether oxygens (including phenoxy) is 1. The summed E-state index contributed by atoms with van der Waals surface area (Å²) in [7, 11) is 0. The number of hydrogen-bond donors (Lipinski definition) is 4. The molecule has 5 rings (SSSR count). The van der Waals surface area contributed by atoms with Gasteiger partial charge in [0.25, 0.3) is 0 Å². The first-order valence-electron chi connectivity index (χ1n) is 14.0. The third-order valence-electron chi connectivity index (χ3n) is 11.0. The maximum atomic E-state index is 12.7. The number of aliphatic hydroxyl groups is 1. The van der Waals surface area contributed by atoms with Crippen LogP contribution in [0.4, 0.5) is 0 Å². The maximum Gasteiger partial charge on any atom is 0.100 e. The fraction of sp³-hybridized carbons (Fsp3) is 0.926. The van der Waals surface area contributed by atoms with Gasteiger partial charge in [-0.25, -0.2) is 0 Å². The van der Waals surface area contributed by atoms with Gasteiger partial charge in [-0.3, -0.25) is 4.99 Å². The van der Waals surface area contributed by atoms with Crippen LogP contribution >= 0.6 is 0 Å². The summed E-state index contributed by atoms with van der Waals surface area (Å²) in [6.07, 6.45) is 15.1. The van der Waals surface area contributed by atoms with Crippen LogP contribution in [0.5, 0.6) is 0 Å².